The Morgan fingerprint density at radius 3 is 2.35 bits per heavy atom. The first-order chi connectivity index (χ1) is 8.04. The first-order valence-electron chi connectivity index (χ1n) is 5.99. The Morgan fingerprint density at radius 1 is 1.18 bits per heavy atom. The fourth-order valence-corrected chi connectivity index (χ4v) is 2.06. The van der Waals surface area contributed by atoms with E-state index < -0.39 is 0 Å². The van der Waals surface area contributed by atoms with Gasteiger partial charge in [0.15, 0.2) is 0 Å². The number of hydrogen-bond donors (Lipinski definition) is 0. The lowest BCUT2D eigenvalue weighted by molar-refractivity contribution is 0.148. The van der Waals surface area contributed by atoms with Gasteiger partial charge in [0.2, 0.25) is 0 Å². The van der Waals surface area contributed by atoms with Gasteiger partial charge in [0, 0.05) is 18.9 Å². The standard InChI is InChI=1S/C14H19FN2/c1-4-16-9-10-17(11-16)14(2,3)12-5-7-13(15)8-6-12/h5-10H,4,11H2,1-3H3. The van der Waals surface area contributed by atoms with Gasteiger partial charge in [-0.05, 0) is 38.5 Å². The molecule has 0 saturated heterocycles. The van der Waals surface area contributed by atoms with Gasteiger partial charge in [0.05, 0.1) is 12.2 Å². The second-order valence-electron chi connectivity index (χ2n) is 4.88. The van der Waals surface area contributed by atoms with Crippen molar-refractivity contribution >= 4 is 0 Å². The van der Waals surface area contributed by atoms with E-state index in [1.54, 1.807) is 0 Å². The first-order valence-corrected chi connectivity index (χ1v) is 5.99. The van der Waals surface area contributed by atoms with Crippen LogP contribution in [0.25, 0.3) is 0 Å². The Balaban J connectivity index is 2.19. The molecule has 0 spiro atoms. The second-order valence-corrected chi connectivity index (χ2v) is 4.88. The SMILES string of the molecule is CCN1C=CN(C(C)(C)c2ccc(F)cc2)C1. The van der Waals surface area contributed by atoms with E-state index in [0.717, 1.165) is 18.8 Å². The number of halogens is 1. The summed E-state index contributed by atoms with van der Waals surface area (Å²) < 4.78 is 12.9. The van der Waals surface area contributed by atoms with Crippen molar-refractivity contribution in [3.8, 4) is 0 Å². The minimum absolute atomic E-state index is 0.117. The van der Waals surface area contributed by atoms with Crippen LogP contribution in [-0.2, 0) is 5.54 Å². The minimum Gasteiger partial charge on any atom is -0.359 e. The Labute approximate surface area is 102 Å². The smallest absolute Gasteiger partial charge is 0.123 e. The summed E-state index contributed by atoms with van der Waals surface area (Å²) in [6.45, 7) is 8.35. The molecule has 0 atom stereocenters. The average Bonchev–Trinajstić information content (AvgIpc) is 2.78. The summed E-state index contributed by atoms with van der Waals surface area (Å²) in [4.78, 5) is 4.51. The van der Waals surface area contributed by atoms with E-state index >= 15 is 0 Å². The summed E-state index contributed by atoms with van der Waals surface area (Å²) in [6.07, 6.45) is 4.21. The van der Waals surface area contributed by atoms with E-state index in [1.807, 2.05) is 12.1 Å². The summed E-state index contributed by atoms with van der Waals surface area (Å²) >= 11 is 0. The zero-order chi connectivity index (χ0) is 12.5. The van der Waals surface area contributed by atoms with Crippen LogP contribution in [0.5, 0.6) is 0 Å². The zero-order valence-corrected chi connectivity index (χ0v) is 10.7. The highest BCUT2D eigenvalue weighted by Gasteiger charge is 2.29. The average molecular weight is 234 g/mol. The third-order valence-corrected chi connectivity index (χ3v) is 3.47. The molecule has 1 aliphatic heterocycles. The van der Waals surface area contributed by atoms with Crippen molar-refractivity contribution in [1.29, 1.82) is 0 Å². The summed E-state index contributed by atoms with van der Waals surface area (Å²) in [5, 5.41) is 0. The van der Waals surface area contributed by atoms with Gasteiger partial charge in [-0.3, -0.25) is 0 Å². The van der Waals surface area contributed by atoms with Crippen LogP contribution >= 0.6 is 0 Å². The second kappa shape index (κ2) is 4.40. The van der Waals surface area contributed by atoms with E-state index in [1.165, 1.54) is 12.1 Å². The molecule has 0 saturated carbocycles. The van der Waals surface area contributed by atoms with Gasteiger partial charge in [-0.2, -0.15) is 0 Å². The van der Waals surface area contributed by atoms with Crippen LogP contribution in [0.1, 0.15) is 26.3 Å². The maximum Gasteiger partial charge on any atom is 0.123 e. The molecule has 1 aromatic carbocycles. The molecule has 2 rings (SSSR count). The van der Waals surface area contributed by atoms with E-state index in [9.17, 15) is 4.39 Å². The number of benzene rings is 1. The van der Waals surface area contributed by atoms with Crippen LogP contribution in [-0.4, -0.2) is 23.0 Å². The third-order valence-electron chi connectivity index (χ3n) is 3.47. The predicted octanol–water partition coefficient (Wildman–Crippen LogP) is 3.13. The molecule has 92 valence electrons. The lowest BCUT2D eigenvalue weighted by atomic mass is 9.93. The molecule has 0 radical (unpaired) electrons. The van der Waals surface area contributed by atoms with E-state index in [2.05, 4.69) is 43.0 Å². The van der Waals surface area contributed by atoms with Gasteiger partial charge in [-0.1, -0.05) is 12.1 Å². The van der Waals surface area contributed by atoms with Crippen molar-refractivity contribution in [3.05, 3.63) is 48.0 Å². The normalized spacial score (nSPS) is 15.8. The molecule has 0 fully saturated rings. The Hall–Kier alpha value is -1.51. The van der Waals surface area contributed by atoms with E-state index in [0.29, 0.717) is 0 Å². The Kier molecular flexibility index (Phi) is 3.09. The monoisotopic (exact) mass is 234 g/mol. The summed E-state index contributed by atoms with van der Waals surface area (Å²) in [5.74, 6) is -0.184. The molecule has 0 bridgehead atoms. The highest BCUT2D eigenvalue weighted by Crippen LogP contribution is 2.30. The minimum atomic E-state index is -0.184. The largest absolute Gasteiger partial charge is 0.359 e. The summed E-state index contributed by atoms with van der Waals surface area (Å²) in [7, 11) is 0. The van der Waals surface area contributed by atoms with Crippen LogP contribution < -0.4 is 0 Å². The molecule has 0 aromatic heterocycles. The fourth-order valence-electron chi connectivity index (χ4n) is 2.06. The summed E-state index contributed by atoms with van der Waals surface area (Å²) in [5.41, 5.74) is 1.01. The lowest BCUT2D eigenvalue weighted by Crippen LogP contribution is -2.39. The van der Waals surface area contributed by atoms with Gasteiger partial charge < -0.3 is 9.80 Å². The molecule has 1 aliphatic rings. The molecular formula is C14H19FN2. The van der Waals surface area contributed by atoms with Crippen LogP contribution in [0.2, 0.25) is 0 Å². The molecule has 0 amide bonds. The van der Waals surface area contributed by atoms with E-state index in [4.69, 9.17) is 0 Å². The quantitative estimate of drug-likeness (QED) is 0.792. The van der Waals surface area contributed by atoms with Crippen LogP contribution in [0.4, 0.5) is 4.39 Å². The van der Waals surface area contributed by atoms with Crippen molar-refractivity contribution in [1.82, 2.24) is 9.80 Å². The van der Waals surface area contributed by atoms with Crippen molar-refractivity contribution in [2.45, 2.75) is 26.3 Å². The van der Waals surface area contributed by atoms with Crippen molar-refractivity contribution in [2.75, 3.05) is 13.2 Å². The lowest BCUT2D eigenvalue weighted by Gasteiger charge is -2.37. The number of nitrogens with zero attached hydrogens (tertiary/aromatic N) is 2. The van der Waals surface area contributed by atoms with Gasteiger partial charge >= 0.3 is 0 Å². The molecule has 0 N–H and O–H groups in total. The van der Waals surface area contributed by atoms with Crippen LogP contribution in [0.15, 0.2) is 36.7 Å². The topological polar surface area (TPSA) is 6.48 Å². The van der Waals surface area contributed by atoms with Crippen molar-refractivity contribution in [3.63, 3.8) is 0 Å². The Morgan fingerprint density at radius 2 is 1.82 bits per heavy atom. The predicted molar refractivity (Wildman–Crippen MR) is 67.7 cm³/mol. The van der Waals surface area contributed by atoms with Crippen LogP contribution in [0.3, 0.4) is 0 Å². The molecular weight excluding hydrogens is 215 g/mol. The number of rotatable bonds is 3. The summed E-state index contributed by atoms with van der Waals surface area (Å²) in [6, 6.07) is 6.76. The van der Waals surface area contributed by atoms with Crippen molar-refractivity contribution < 1.29 is 4.39 Å². The third kappa shape index (κ3) is 2.28. The first kappa shape index (κ1) is 12.0. The maximum atomic E-state index is 12.9. The number of hydrogen-bond acceptors (Lipinski definition) is 2. The zero-order valence-electron chi connectivity index (χ0n) is 10.7. The molecule has 0 unspecified atom stereocenters. The Bertz CT molecular complexity index is 409. The highest BCUT2D eigenvalue weighted by molar-refractivity contribution is 5.24. The molecule has 1 aromatic rings. The fraction of sp³-hybridized carbons (Fsp3) is 0.429. The van der Waals surface area contributed by atoms with Gasteiger partial charge in [0.1, 0.15) is 5.82 Å². The molecule has 2 nitrogen and oxygen atoms in total. The van der Waals surface area contributed by atoms with Gasteiger partial charge in [-0.15, -0.1) is 0 Å². The van der Waals surface area contributed by atoms with Crippen LogP contribution in [0, 0.1) is 5.82 Å². The van der Waals surface area contributed by atoms with Crippen molar-refractivity contribution in [2.24, 2.45) is 0 Å². The highest BCUT2D eigenvalue weighted by atomic mass is 19.1. The molecule has 0 aliphatic carbocycles. The van der Waals surface area contributed by atoms with E-state index in [-0.39, 0.29) is 11.4 Å². The molecule has 3 heteroatoms. The molecule has 1 heterocycles. The maximum absolute atomic E-state index is 12.9. The molecule has 17 heavy (non-hydrogen) atoms. The van der Waals surface area contributed by atoms with Gasteiger partial charge in [-0.25, -0.2) is 4.39 Å². The van der Waals surface area contributed by atoms with Gasteiger partial charge in [0.25, 0.3) is 0 Å².